The molecule has 0 saturated carbocycles. The van der Waals surface area contributed by atoms with Crippen LogP contribution in [0.2, 0.25) is 0 Å². The van der Waals surface area contributed by atoms with E-state index in [2.05, 4.69) is 10.4 Å². The number of para-hydroxylation sites is 1. The third-order valence-electron chi connectivity index (χ3n) is 4.08. The molecule has 0 bridgehead atoms. The monoisotopic (exact) mass is 395 g/mol. The fourth-order valence-electron chi connectivity index (χ4n) is 2.67. The number of benzene rings is 2. The van der Waals surface area contributed by atoms with Crippen LogP contribution < -0.4 is 14.8 Å². The summed E-state index contributed by atoms with van der Waals surface area (Å²) in [6.45, 7) is 1.42. The lowest BCUT2D eigenvalue weighted by molar-refractivity contribution is -0.119. The van der Waals surface area contributed by atoms with Gasteiger partial charge < -0.3 is 19.5 Å². The van der Waals surface area contributed by atoms with Gasteiger partial charge in [0.1, 0.15) is 5.75 Å². The molecule has 0 spiro atoms. The summed E-state index contributed by atoms with van der Waals surface area (Å²) in [6, 6.07) is 14.6. The minimum Gasteiger partial charge on any atom is -0.495 e. The minimum atomic E-state index is -0.761. The molecule has 3 rings (SSSR count). The normalized spacial score (nSPS) is 10.3. The Hall–Kier alpha value is -3.81. The van der Waals surface area contributed by atoms with Gasteiger partial charge >= 0.3 is 5.97 Å². The average Bonchev–Trinajstić information content (AvgIpc) is 3.17. The highest BCUT2D eigenvalue weighted by atomic mass is 16.5. The topological polar surface area (TPSA) is 91.7 Å². The zero-order valence-corrected chi connectivity index (χ0v) is 16.3. The summed E-state index contributed by atoms with van der Waals surface area (Å²) in [7, 11) is 2.94. The zero-order chi connectivity index (χ0) is 20.8. The summed E-state index contributed by atoms with van der Waals surface area (Å²) in [5.41, 5.74) is 2.19. The molecule has 150 valence electrons. The number of aryl methyl sites for hydroxylation is 1. The Balaban J connectivity index is 1.67. The Kier molecular flexibility index (Phi) is 6.13. The van der Waals surface area contributed by atoms with Crippen LogP contribution in [-0.4, -0.2) is 42.5 Å². The van der Waals surface area contributed by atoms with Crippen LogP contribution in [0.5, 0.6) is 11.5 Å². The molecule has 1 amide bonds. The number of carbonyl (C=O) groups excluding carboxylic acids is 2. The third kappa shape index (κ3) is 4.73. The Morgan fingerprint density at radius 2 is 1.76 bits per heavy atom. The van der Waals surface area contributed by atoms with Crippen molar-refractivity contribution in [3.05, 3.63) is 66.0 Å². The van der Waals surface area contributed by atoms with Crippen LogP contribution in [-0.2, 0) is 9.53 Å². The van der Waals surface area contributed by atoms with Crippen molar-refractivity contribution >= 4 is 17.6 Å². The van der Waals surface area contributed by atoms with Gasteiger partial charge in [-0.3, -0.25) is 4.79 Å². The zero-order valence-electron chi connectivity index (χ0n) is 16.3. The second-order valence-electron chi connectivity index (χ2n) is 6.15. The van der Waals surface area contributed by atoms with Gasteiger partial charge in [0.15, 0.2) is 12.4 Å². The SMILES string of the molecule is COc1ccc(C)cc1NC(=O)COC(=O)c1nn(-c2ccccc2)cc1OC. The summed E-state index contributed by atoms with van der Waals surface area (Å²) in [5.74, 6) is -0.496. The summed E-state index contributed by atoms with van der Waals surface area (Å²) in [4.78, 5) is 24.6. The van der Waals surface area contributed by atoms with Gasteiger partial charge in [0, 0.05) is 0 Å². The van der Waals surface area contributed by atoms with Crippen molar-refractivity contribution < 1.29 is 23.8 Å². The Bertz CT molecular complexity index is 1010. The lowest BCUT2D eigenvalue weighted by atomic mass is 10.2. The lowest BCUT2D eigenvalue weighted by Crippen LogP contribution is -2.21. The predicted octanol–water partition coefficient (Wildman–Crippen LogP) is 2.99. The van der Waals surface area contributed by atoms with Crippen molar-refractivity contribution in [2.24, 2.45) is 0 Å². The Morgan fingerprint density at radius 1 is 1.03 bits per heavy atom. The molecule has 2 aromatic carbocycles. The molecule has 0 radical (unpaired) electrons. The number of hydrogen-bond donors (Lipinski definition) is 1. The first-order chi connectivity index (χ1) is 14.0. The van der Waals surface area contributed by atoms with Gasteiger partial charge in [-0.25, -0.2) is 9.48 Å². The molecule has 8 nitrogen and oxygen atoms in total. The smallest absolute Gasteiger partial charge is 0.363 e. The van der Waals surface area contributed by atoms with E-state index in [4.69, 9.17) is 14.2 Å². The number of aromatic nitrogens is 2. The number of nitrogens with one attached hydrogen (secondary N) is 1. The van der Waals surface area contributed by atoms with E-state index in [-0.39, 0.29) is 11.4 Å². The van der Waals surface area contributed by atoms with Crippen LogP contribution in [0.1, 0.15) is 16.1 Å². The van der Waals surface area contributed by atoms with Crippen LogP contribution in [0.4, 0.5) is 5.69 Å². The maximum absolute atomic E-state index is 12.4. The fourth-order valence-corrected chi connectivity index (χ4v) is 2.67. The number of hydrogen-bond acceptors (Lipinski definition) is 6. The van der Waals surface area contributed by atoms with Gasteiger partial charge in [-0.2, -0.15) is 5.10 Å². The van der Waals surface area contributed by atoms with Crippen molar-refractivity contribution in [2.75, 3.05) is 26.1 Å². The molecule has 1 heterocycles. The highest BCUT2D eigenvalue weighted by Gasteiger charge is 2.21. The van der Waals surface area contributed by atoms with E-state index in [0.717, 1.165) is 11.3 Å². The molecule has 0 fully saturated rings. The van der Waals surface area contributed by atoms with Crippen LogP contribution in [0.3, 0.4) is 0 Å². The summed E-state index contributed by atoms with van der Waals surface area (Å²) >= 11 is 0. The average molecular weight is 395 g/mol. The van der Waals surface area contributed by atoms with E-state index in [0.29, 0.717) is 11.4 Å². The largest absolute Gasteiger partial charge is 0.495 e. The van der Waals surface area contributed by atoms with E-state index in [1.54, 1.807) is 18.3 Å². The predicted molar refractivity (Wildman–Crippen MR) is 107 cm³/mol. The molecule has 0 atom stereocenters. The van der Waals surface area contributed by atoms with Gasteiger partial charge in [-0.05, 0) is 36.8 Å². The molecule has 1 N–H and O–H groups in total. The van der Waals surface area contributed by atoms with Crippen molar-refractivity contribution in [2.45, 2.75) is 6.92 Å². The molecule has 1 aromatic heterocycles. The van der Waals surface area contributed by atoms with Gasteiger partial charge in [-0.15, -0.1) is 0 Å². The van der Waals surface area contributed by atoms with Crippen LogP contribution in [0.25, 0.3) is 5.69 Å². The van der Waals surface area contributed by atoms with Crippen molar-refractivity contribution in [3.8, 4) is 17.2 Å². The molecule has 3 aromatic rings. The van der Waals surface area contributed by atoms with E-state index < -0.39 is 18.5 Å². The summed E-state index contributed by atoms with van der Waals surface area (Å²) in [5, 5.41) is 6.89. The molecular formula is C21H21N3O5. The van der Waals surface area contributed by atoms with Crippen LogP contribution in [0, 0.1) is 6.92 Å². The van der Waals surface area contributed by atoms with Crippen LogP contribution in [0.15, 0.2) is 54.7 Å². The number of carbonyl (C=O) groups is 2. The fraction of sp³-hybridized carbons (Fsp3) is 0.190. The maximum Gasteiger partial charge on any atom is 0.363 e. The van der Waals surface area contributed by atoms with Gasteiger partial charge in [0.25, 0.3) is 5.91 Å². The first kappa shape index (κ1) is 19.9. The van der Waals surface area contributed by atoms with E-state index in [9.17, 15) is 9.59 Å². The third-order valence-corrected chi connectivity index (χ3v) is 4.08. The number of amides is 1. The van der Waals surface area contributed by atoms with Crippen molar-refractivity contribution in [1.29, 1.82) is 0 Å². The van der Waals surface area contributed by atoms with Gasteiger partial charge in [-0.1, -0.05) is 24.3 Å². The maximum atomic E-state index is 12.4. The number of esters is 1. The first-order valence-electron chi connectivity index (χ1n) is 8.82. The molecule has 29 heavy (non-hydrogen) atoms. The lowest BCUT2D eigenvalue weighted by Gasteiger charge is -2.11. The number of anilines is 1. The quantitative estimate of drug-likeness (QED) is 0.619. The molecule has 0 aliphatic carbocycles. The van der Waals surface area contributed by atoms with E-state index >= 15 is 0 Å². The molecule has 0 unspecified atom stereocenters. The Morgan fingerprint density at radius 3 is 2.45 bits per heavy atom. The number of methoxy groups -OCH3 is 2. The molecule has 8 heteroatoms. The van der Waals surface area contributed by atoms with Crippen molar-refractivity contribution in [3.63, 3.8) is 0 Å². The second kappa shape index (κ2) is 8.92. The summed E-state index contributed by atoms with van der Waals surface area (Å²) < 4.78 is 17.0. The van der Waals surface area contributed by atoms with Crippen LogP contribution >= 0.6 is 0 Å². The highest BCUT2D eigenvalue weighted by Crippen LogP contribution is 2.25. The Labute approximate surface area is 168 Å². The van der Waals surface area contributed by atoms with Crippen molar-refractivity contribution in [1.82, 2.24) is 9.78 Å². The highest BCUT2D eigenvalue weighted by molar-refractivity contribution is 5.96. The standard InChI is InChI=1S/C21H21N3O5/c1-14-9-10-17(27-2)16(11-14)22-19(25)13-29-21(26)20-18(28-3)12-24(23-20)15-7-5-4-6-8-15/h4-12H,13H2,1-3H3,(H,22,25). The van der Waals surface area contributed by atoms with Gasteiger partial charge in [0.2, 0.25) is 5.69 Å². The van der Waals surface area contributed by atoms with E-state index in [1.807, 2.05) is 43.3 Å². The van der Waals surface area contributed by atoms with Gasteiger partial charge in [0.05, 0.1) is 31.8 Å². The minimum absolute atomic E-state index is 0.0164. The molecule has 0 aliphatic heterocycles. The first-order valence-corrected chi connectivity index (χ1v) is 8.82. The number of ether oxygens (including phenoxy) is 3. The molecule has 0 aliphatic rings. The summed E-state index contributed by atoms with van der Waals surface area (Å²) in [6.07, 6.45) is 1.57. The second-order valence-corrected chi connectivity index (χ2v) is 6.15. The number of rotatable bonds is 7. The molecule has 0 saturated heterocycles. The molecular weight excluding hydrogens is 374 g/mol. The van der Waals surface area contributed by atoms with E-state index in [1.165, 1.54) is 18.9 Å². The number of nitrogens with zero attached hydrogens (tertiary/aromatic N) is 2.